The fraction of sp³-hybridized carbons (Fsp3) is 0.478. The van der Waals surface area contributed by atoms with E-state index in [1.54, 1.807) is 19.2 Å². The highest BCUT2D eigenvalue weighted by molar-refractivity contribution is 5.58. The predicted octanol–water partition coefficient (Wildman–Crippen LogP) is 3.62. The molecule has 2 aliphatic rings. The molecule has 0 aromatic heterocycles. The zero-order chi connectivity index (χ0) is 19.3. The lowest BCUT2D eigenvalue weighted by molar-refractivity contribution is 0.0997. The van der Waals surface area contributed by atoms with Gasteiger partial charge in [-0.3, -0.25) is 9.80 Å². The summed E-state index contributed by atoms with van der Waals surface area (Å²) >= 11 is 0. The van der Waals surface area contributed by atoms with E-state index in [1.165, 1.54) is 24.6 Å². The van der Waals surface area contributed by atoms with Crippen LogP contribution in [-0.4, -0.2) is 62.2 Å². The third kappa shape index (κ3) is 4.47. The van der Waals surface area contributed by atoms with Gasteiger partial charge in [0.15, 0.2) is 0 Å². The van der Waals surface area contributed by atoms with E-state index in [0.29, 0.717) is 6.04 Å². The summed E-state index contributed by atoms with van der Waals surface area (Å²) in [5.41, 5.74) is 2.28. The van der Waals surface area contributed by atoms with Gasteiger partial charge in [0, 0.05) is 38.8 Å². The number of likely N-dealkylation sites (tertiary alicyclic amines) is 1. The molecule has 0 aliphatic carbocycles. The van der Waals surface area contributed by atoms with E-state index in [4.69, 9.17) is 4.74 Å². The second-order valence-corrected chi connectivity index (χ2v) is 7.83. The van der Waals surface area contributed by atoms with Crippen LogP contribution in [0.5, 0.6) is 5.75 Å². The van der Waals surface area contributed by atoms with Crippen LogP contribution < -0.4 is 9.64 Å². The minimum absolute atomic E-state index is 0.139. The Hall–Kier alpha value is -2.11. The number of anilines is 1. The molecule has 2 fully saturated rings. The van der Waals surface area contributed by atoms with Crippen molar-refractivity contribution < 1.29 is 9.13 Å². The number of halogens is 1. The largest absolute Gasteiger partial charge is 0.495 e. The van der Waals surface area contributed by atoms with Gasteiger partial charge in [0.25, 0.3) is 0 Å². The van der Waals surface area contributed by atoms with E-state index >= 15 is 0 Å². The van der Waals surface area contributed by atoms with Crippen LogP contribution in [0, 0.1) is 5.82 Å². The molecule has 2 aromatic carbocycles. The van der Waals surface area contributed by atoms with Crippen LogP contribution in [0.25, 0.3) is 0 Å². The molecular formula is C23H30FN3O. The topological polar surface area (TPSA) is 19.0 Å². The fourth-order valence-corrected chi connectivity index (χ4v) is 4.56. The van der Waals surface area contributed by atoms with Crippen molar-refractivity contribution >= 4 is 5.69 Å². The van der Waals surface area contributed by atoms with Gasteiger partial charge in [0.05, 0.1) is 12.8 Å². The molecule has 0 N–H and O–H groups in total. The smallest absolute Gasteiger partial charge is 0.142 e. The zero-order valence-electron chi connectivity index (χ0n) is 16.7. The predicted molar refractivity (Wildman–Crippen MR) is 111 cm³/mol. The third-order valence-corrected chi connectivity index (χ3v) is 6.11. The van der Waals surface area contributed by atoms with E-state index < -0.39 is 0 Å². The van der Waals surface area contributed by atoms with Crippen LogP contribution in [0.1, 0.15) is 18.4 Å². The summed E-state index contributed by atoms with van der Waals surface area (Å²) in [6, 6.07) is 16.0. The molecule has 0 bridgehead atoms. The fourth-order valence-electron chi connectivity index (χ4n) is 4.56. The van der Waals surface area contributed by atoms with Crippen molar-refractivity contribution in [1.29, 1.82) is 0 Å². The summed E-state index contributed by atoms with van der Waals surface area (Å²) in [7, 11) is 1.74. The first kappa shape index (κ1) is 19.2. The number of methoxy groups -OCH3 is 1. The summed E-state index contributed by atoms with van der Waals surface area (Å²) < 4.78 is 18.9. The van der Waals surface area contributed by atoms with Crippen LogP contribution in [0.15, 0.2) is 48.5 Å². The summed E-state index contributed by atoms with van der Waals surface area (Å²) in [6.45, 7) is 7.33. The Morgan fingerprint density at radius 1 is 0.929 bits per heavy atom. The molecular weight excluding hydrogens is 353 g/mol. The average molecular weight is 384 g/mol. The van der Waals surface area contributed by atoms with E-state index in [-0.39, 0.29) is 5.82 Å². The number of benzene rings is 2. The molecule has 28 heavy (non-hydrogen) atoms. The Balaban J connectivity index is 1.26. The standard InChI is InChI=1S/C23H30FN3O/c1-28-23-8-3-2-7-22(23)27-15-13-26(14-16-27)21-9-11-25(12-10-21)18-19-5-4-6-20(24)17-19/h2-8,17,21H,9-16,18H2,1H3. The maximum Gasteiger partial charge on any atom is 0.142 e. The van der Waals surface area contributed by atoms with Crippen LogP contribution >= 0.6 is 0 Å². The lowest BCUT2D eigenvalue weighted by atomic mass is 10.0. The van der Waals surface area contributed by atoms with Crippen molar-refractivity contribution in [1.82, 2.24) is 9.80 Å². The van der Waals surface area contributed by atoms with Crippen molar-refractivity contribution in [3.05, 3.63) is 59.9 Å². The van der Waals surface area contributed by atoms with Crippen LogP contribution in [0.2, 0.25) is 0 Å². The van der Waals surface area contributed by atoms with E-state index in [2.05, 4.69) is 26.8 Å². The Bertz CT molecular complexity index is 768. The Morgan fingerprint density at radius 2 is 1.68 bits per heavy atom. The molecule has 150 valence electrons. The molecule has 4 rings (SSSR count). The molecule has 4 nitrogen and oxygen atoms in total. The molecule has 2 heterocycles. The Kier molecular flexibility index (Phi) is 6.13. The Morgan fingerprint density at radius 3 is 2.39 bits per heavy atom. The molecule has 0 saturated carbocycles. The van der Waals surface area contributed by atoms with Crippen LogP contribution in [-0.2, 0) is 6.54 Å². The summed E-state index contributed by atoms with van der Waals surface area (Å²) in [6.07, 6.45) is 2.40. The summed E-state index contributed by atoms with van der Waals surface area (Å²) in [5, 5.41) is 0. The number of para-hydroxylation sites is 2. The van der Waals surface area contributed by atoms with Crippen molar-refractivity contribution in [3.63, 3.8) is 0 Å². The maximum atomic E-state index is 13.4. The number of hydrogen-bond donors (Lipinski definition) is 0. The van der Waals surface area contributed by atoms with Gasteiger partial charge in [0.2, 0.25) is 0 Å². The maximum absolute atomic E-state index is 13.4. The van der Waals surface area contributed by atoms with Gasteiger partial charge in [0.1, 0.15) is 11.6 Å². The number of hydrogen-bond acceptors (Lipinski definition) is 4. The van der Waals surface area contributed by atoms with Crippen molar-refractivity contribution in [2.24, 2.45) is 0 Å². The van der Waals surface area contributed by atoms with Gasteiger partial charge >= 0.3 is 0 Å². The quantitative estimate of drug-likeness (QED) is 0.785. The third-order valence-electron chi connectivity index (χ3n) is 6.11. The van der Waals surface area contributed by atoms with Gasteiger partial charge in [-0.15, -0.1) is 0 Å². The molecule has 0 radical (unpaired) electrons. The van der Waals surface area contributed by atoms with Crippen molar-refractivity contribution in [2.75, 3.05) is 51.3 Å². The molecule has 0 atom stereocenters. The lowest BCUT2D eigenvalue weighted by Gasteiger charge is -2.43. The Labute approximate surface area is 167 Å². The van der Waals surface area contributed by atoms with Gasteiger partial charge in [-0.05, 0) is 55.8 Å². The minimum Gasteiger partial charge on any atom is -0.495 e. The minimum atomic E-state index is -0.139. The monoisotopic (exact) mass is 383 g/mol. The van der Waals surface area contributed by atoms with Gasteiger partial charge in [-0.25, -0.2) is 4.39 Å². The average Bonchev–Trinajstić information content (AvgIpc) is 2.74. The van der Waals surface area contributed by atoms with Gasteiger partial charge < -0.3 is 9.64 Å². The van der Waals surface area contributed by atoms with Gasteiger partial charge in [-0.1, -0.05) is 24.3 Å². The first-order chi connectivity index (χ1) is 13.7. The highest BCUT2D eigenvalue weighted by Crippen LogP contribution is 2.29. The molecule has 0 spiro atoms. The second kappa shape index (κ2) is 8.93. The number of rotatable bonds is 5. The lowest BCUT2D eigenvalue weighted by Crippen LogP contribution is -2.53. The molecule has 2 aliphatic heterocycles. The number of piperazine rings is 1. The normalized spacial score (nSPS) is 19.7. The van der Waals surface area contributed by atoms with Crippen LogP contribution in [0.4, 0.5) is 10.1 Å². The molecule has 2 saturated heterocycles. The second-order valence-electron chi connectivity index (χ2n) is 7.83. The molecule has 0 unspecified atom stereocenters. The summed E-state index contributed by atoms with van der Waals surface area (Å²) in [5.74, 6) is 0.821. The van der Waals surface area contributed by atoms with E-state index in [1.807, 2.05) is 18.2 Å². The first-order valence-electron chi connectivity index (χ1n) is 10.3. The molecule has 0 amide bonds. The molecule has 5 heteroatoms. The SMILES string of the molecule is COc1ccccc1N1CCN(C2CCN(Cc3cccc(F)c3)CC2)CC1. The highest BCUT2D eigenvalue weighted by atomic mass is 19.1. The first-order valence-corrected chi connectivity index (χ1v) is 10.3. The van der Waals surface area contributed by atoms with Crippen LogP contribution in [0.3, 0.4) is 0 Å². The van der Waals surface area contributed by atoms with Gasteiger partial charge in [-0.2, -0.15) is 0 Å². The van der Waals surface area contributed by atoms with E-state index in [9.17, 15) is 4.39 Å². The summed E-state index contributed by atoms with van der Waals surface area (Å²) in [4.78, 5) is 7.55. The number of ether oxygens (including phenoxy) is 1. The number of piperidine rings is 1. The zero-order valence-corrected chi connectivity index (χ0v) is 16.7. The highest BCUT2D eigenvalue weighted by Gasteiger charge is 2.28. The number of nitrogens with zero attached hydrogens (tertiary/aromatic N) is 3. The van der Waals surface area contributed by atoms with Crippen molar-refractivity contribution in [3.8, 4) is 5.75 Å². The molecule has 2 aromatic rings. The van der Waals surface area contributed by atoms with E-state index in [0.717, 1.165) is 57.1 Å². The van der Waals surface area contributed by atoms with Crippen molar-refractivity contribution in [2.45, 2.75) is 25.4 Å².